The van der Waals surface area contributed by atoms with Crippen molar-refractivity contribution in [3.05, 3.63) is 64.5 Å². The van der Waals surface area contributed by atoms with Gasteiger partial charge in [0.25, 0.3) is 5.91 Å². The minimum atomic E-state index is -1.01. The minimum absolute atomic E-state index is 0.0872. The number of halogens is 2. The minimum Gasteiger partial charge on any atom is -0.462 e. The summed E-state index contributed by atoms with van der Waals surface area (Å²) in [5, 5.41) is 11.8. The average Bonchev–Trinajstić information content (AvgIpc) is 3.43. The van der Waals surface area contributed by atoms with E-state index in [0.29, 0.717) is 38.3 Å². The lowest BCUT2D eigenvalue weighted by Crippen LogP contribution is -2.55. The highest BCUT2D eigenvalue weighted by molar-refractivity contribution is 9.10. The lowest BCUT2D eigenvalue weighted by molar-refractivity contribution is -0.131. The van der Waals surface area contributed by atoms with Gasteiger partial charge in [-0.3, -0.25) is 4.79 Å². The maximum atomic E-state index is 13.8. The number of likely N-dealkylation sites (N-methyl/N-ethyl adjacent to an activating group) is 1. The van der Waals surface area contributed by atoms with Gasteiger partial charge in [-0.15, -0.1) is 0 Å². The molecular formula is C32H35BrFN7O2. The fourth-order valence-corrected chi connectivity index (χ4v) is 7.16. The zero-order chi connectivity index (χ0) is 30.1. The van der Waals surface area contributed by atoms with Gasteiger partial charge >= 0.3 is 6.01 Å². The van der Waals surface area contributed by atoms with Crippen molar-refractivity contribution in [1.82, 2.24) is 19.8 Å². The SMILES string of the molecule is C=C(F)C(=O)N1CCN(c2nc(OCC3CCCN3C)nc3c2CCN(c2cccc4cccc(Br)c24)C3)CC1CC#N. The van der Waals surface area contributed by atoms with E-state index in [2.05, 4.69) is 80.7 Å². The number of piperazine rings is 1. The number of fused-ring (bicyclic) bond motifs is 2. The molecule has 0 saturated carbocycles. The molecule has 0 radical (unpaired) electrons. The Hall–Kier alpha value is -3.75. The molecule has 3 aromatic rings. The first kappa shape index (κ1) is 29.3. The van der Waals surface area contributed by atoms with Crippen molar-refractivity contribution in [2.45, 2.75) is 44.3 Å². The number of hydrogen-bond donors (Lipinski definition) is 0. The summed E-state index contributed by atoms with van der Waals surface area (Å²) in [6, 6.07) is 14.9. The summed E-state index contributed by atoms with van der Waals surface area (Å²) in [5.41, 5.74) is 3.09. The van der Waals surface area contributed by atoms with Crippen LogP contribution in [-0.4, -0.2) is 84.1 Å². The first-order valence-electron chi connectivity index (χ1n) is 14.8. The van der Waals surface area contributed by atoms with Crippen molar-refractivity contribution in [3.63, 3.8) is 0 Å². The van der Waals surface area contributed by atoms with Crippen molar-refractivity contribution in [2.75, 3.05) is 56.2 Å². The van der Waals surface area contributed by atoms with Crippen LogP contribution in [-0.2, 0) is 17.8 Å². The molecule has 2 fully saturated rings. The zero-order valence-electron chi connectivity index (χ0n) is 24.3. The molecule has 9 nitrogen and oxygen atoms in total. The molecule has 3 aliphatic rings. The number of aromatic nitrogens is 2. The van der Waals surface area contributed by atoms with Gasteiger partial charge < -0.3 is 24.3 Å². The van der Waals surface area contributed by atoms with Gasteiger partial charge in [-0.05, 0) is 50.4 Å². The van der Waals surface area contributed by atoms with Gasteiger partial charge in [-0.2, -0.15) is 15.2 Å². The second-order valence-electron chi connectivity index (χ2n) is 11.5. The fourth-order valence-electron chi connectivity index (χ4n) is 6.57. The molecule has 224 valence electrons. The lowest BCUT2D eigenvalue weighted by Gasteiger charge is -2.42. The second kappa shape index (κ2) is 12.5. The highest BCUT2D eigenvalue weighted by atomic mass is 79.9. The van der Waals surface area contributed by atoms with Gasteiger partial charge in [0.15, 0.2) is 5.83 Å². The molecule has 2 saturated heterocycles. The van der Waals surface area contributed by atoms with E-state index in [9.17, 15) is 14.4 Å². The normalized spacial score (nSPS) is 20.7. The number of nitrogens with zero attached hydrogens (tertiary/aromatic N) is 7. The molecule has 3 aliphatic heterocycles. The molecule has 4 heterocycles. The fraction of sp³-hybridized carbons (Fsp3) is 0.438. The maximum Gasteiger partial charge on any atom is 0.318 e. The number of nitriles is 1. The van der Waals surface area contributed by atoms with Gasteiger partial charge in [-0.25, -0.2) is 4.39 Å². The lowest BCUT2D eigenvalue weighted by atomic mass is 10.0. The number of carbonyl (C=O) groups excluding carboxylic acids is 1. The van der Waals surface area contributed by atoms with Crippen LogP contribution in [0, 0.1) is 11.3 Å². The third-order valence-electron chi connectivity index (χ3n) is 8.87. The molecule has 43 heavy (non-hydrogen) atoms. The van der Waals surface area contributed by atoms with Crippen LogP contribution in [0.25, 0.3) is 10.8 Å². The van der Waals surface area contributed by atoms with Crippen LogP contribution >= 0.6 is 15.9 Å². The summed E-state index contributed by atoms with van der Waals surface area (Å²) < 4.78 is 21.1. The first-order valence-corrected chi connectivity index (χ1v) is 15.6. The Morgan fingerprint density at radius 1 is 1.14 bits per heavy atom. The third kappa shape index (κ3) is 5.91. The summed E-state index contributed by atoms with van der Waals surface area (Å²) in [5.74, 6) is -0.998. The highest BCUT2D eigenvalue weighted by Gasteiger charge is 2.35. The zero-order valence-corrected chi connectivity index (χ0v) is 25.9. The van der Waals surface area contributed by atoms with Crippen molar-refractivity contribution in [3.8, 4) is 12.1 Å². The number of carbonyl (C=O) groups is 1. The standard InChI is InChI=1S/C32H35BrFN7O2/c1-21(34)31(42)41-17-16-40(18-23(41)11-13-35)30-25-12-15-39(28-10-4-7-22-6-3-9-26(33)29(22)28)19-27(25)36-32(37-30)43-20-24-8-5-14-38(24)2/h3-4,6-7,9-10,23-24H,1,5,8,11-12,14-20H2,2H3. The van der Waals surface area contributed by atoms with Crippen molar-refractivity contribution in [1.29, 1.82) is 5.26 Å². The molecule has 0 aliphatic carbocycles. The van der Waals surface area contributed by atoms with Crippen LogP contribution in [0.15, 0.2) is 53.3 Å². The van der Waals surface area contributed by atoms with Crippen molar-refractivity contribution < 1.29 is 13.9 Å². The van der Waals surface area contributed by atoms with Crippen LogP contribution in [0.5, 0.6) is 6.01 Å². The Balaban J connectivity index is 1.34. The van der Waals surface area contributed by atoms with E-state index in [4.69, 9.17) is 14.7 Å². The number of anilines is 2. The Morgan fingerprint density at radius 3 is 2.70 bits per heavy atom. The number of amides is 1. The van der Waals surface area contributed by atoms with Crippen LogP contribution in [0.3, 0.4) is 0 Å². The van der Waals surface area contributed by atoms with E-state index >= 15 is 0 Å². The number of hydrogen-bond acceptors (Lipinski definition) is 8. The van der Waals surface area contributed by atoms with Crippen molar-refractivity contribution in [2.24, 2.45) is 0 Å². The van der Waals surface area contributed by atoms with E-state index in [-0.39, 0.29) is 13.0 Å². The first-order chi connectivity index (χ1) is 20.8. The number of benzene rings is 2. The molecule has 0 spiro atoms. The van der Waals surface area contributed by atoms with Crippen LogP contribution in [0.4, 0.5) is 15.9 Å². The average molecular weight is 649 g/mol. The van der Waals surface area contributed by atoms with E-state index in [1.54, 1.807) is 0 Å². The Bertz CT molecular complexity index is 1590. The summed E-state index contributed by atoms with van der Waals surface area (Å²) in [6.45, 7) is 7.19. The Labute approximate surface area is 259 Å². The number of ether oxygens (including phenoxy) is 1. The summed E-state index contributed by atoms with van der Waals surface area (Å²) in [6.07, 6.45) is 3.03. The summed E-state index contributed by atoms with van der Waals surface area (Å²) in [7, 11) is 2.11. The molecule has 2 atom stereocenters. The molecule has 0 bridgehead atoms. The van der Waals surface area contributed by atoms with Gasteiger partial charge in [0.2, 0.25) is 0 Å². The maximum absolute atomic E-state index is 13.8. The summed E-state index contributed by atoms with van der Waals surface area (Å²) in [4.78, 5) is 30.6. The number of rotatable bonds is 7. The quantitative estimate of drug-likeness (QED) is 0.337. The largest absolute Gasteiger partial charge is 0.462 e. The Morgan fingerprint density at radius 2 is 1.95 bits per heavy atom. The van der Waals surface area contributed by atoms with E-state index in [1.807, 2.05) is 6.07 Å². The molecule has 11 heteroatoms. The van der Waals surface area contributed by atoms with Crippen LogP contribution in [0.1, 0.15) is 30.5 Å². The van der Waals surface area contributed by atoms with E-state index in [1.165, 1.54) is 4.90 Å². The van der Waals surface area contributed by atoms with Gasteiger partial charge in [0.05, 0.1) is 30.8 Å². The third-order valence-corrected chi connectivity index (χ3v) is 9.53. The molecule has 0 N–H and O–H groups in total. The predicted molar refractivity (Wildman–Crippen MR) is 168 cm³/mol. The van der Waals surface area contributed by atoms with Crippen LogP contribution in [0.2, 0.25) is 0 Å². The van der Waals surface area contributed by atoms with Gasteiger partial charge in [0.1, 0.15) is 12.4 Å². The summed E-state index contributed by atoms with van der Waals surface area (Å²) >= 11 is 3.76. The van der Waals surface area contributed by atoms with Gasteiger partial charge in [0, 0.05) is 53.3 Å². The van der Waals surface area contributed by atoms with Crippen molar-refractivity contribution >= 4 is 44.1 Å². The molecule has 2 unspecified atom stereocenters. The molecule has 1 amide bonds. The van der Waals surface area contributed by atoms with Gasteiger partial charge in [-0.1, -0.05) is 46.8 Å². The predicted octanol–water partition coefficient (Wildman–Crippen LogP) is 4.84. The molecule has 1 aromatic heterocycles. The molecule has 6 rings (SSSR count). The van der Waals surface area contributed by atoms with E-state index < -0.39 is 17.8 Å². The van der Waals surface area contributed by atoms with Crippen LogP contribution < -0.4 is 14.5 Å². The topological polar surface area (TPSA) is 88.8 Å². The number of likely N-dealkylation sites (tertiary alicyclic amines) is 1. The molecular weight excluding hydrogens is 613 g/mol. The second-order valence-corrected chi connectivity index (χ2v) is 12.3. The molecule has 2 aromatic carbocycles. The smallest absolute Gasteiger partial charge is 0.318 e. The highest BCUT2D eigenvalue weighted by Crippen LogP contribution is 2.37. The monoisotopic (exact) mass is 647 g/mol. The van der Waals surface area contributed by atoms with E-state index in [0.717, 1.165) is 70.4 Å². The Kier molecular flexibility index (Phi) is 8.50.